The highest BCUT2D eigenvalue weighted by molar-refractivity contribution is 9.10. The first-order valence-electron chi connectivity index (χ1n) is 3.32. The molecule has 15 heavy (non-hydrogen) atoms. The molecular weight excluding hydrogens is 339 g/mol. The third kappa shape index (κ3) is 2.99. The van der Waals surface area contributed by atoms with Crippen molar-refractivity contribution in [2.45, 2.75) is 11.5 Å². The highest BCUT2D eigenvalue weighted by atomic mass is 79.9. The highest BCUT2D eigenvalue weighted by Gasteiger charge is 2.22. The fourth-order valence-corrected chi connectivity index (χ4v) is 2.22. The first-order valence-corrected chi connectivity index (χ1v) is 6.80. The molecule has 0 atom stereocenters. The summed E-state index contributed by atoms with van der Waals surface area (Å²) in [5, 5.41) is -1.01. The van der Waals surface area contributed by atoms with Gasteiger partial charge < -0.3 is 0 Å². The molecule has 0 saturated heterocycles. The van der Waals surface area contributed by atoms with E-state index in [9.17, 15) is 17.2 Å². The van der Waals surface area contributed by atoms with Crippen molar-refractivity contribution in [3.63, 3.8) is 0 Å². The lowest BCUT2D eigenvalue weighted by molar-refractivity contribution is 0.145. The van der Waals surface area contributed by atoms with Crippen LogP contribution in [0.25, 0.3) is 0 Å². The Kier molecular flexibility index (Phi) is 3.91. The summed E-state index contributed by atoms with van der Waals surface area (Å²) in [6, 6.07) is 0.955. The molecular formula is C6H2BrCl2F2NO2S. The summed E-state index contributed by atoms with van der Waals surface area (Å²) in [6.45, 7) is 0. The summed E-state index contributed by atoms with van der Waals surface area (Å²) in [5.41, 5.74) is -0.828. The largest absolute Gasteiger partial charge is 0.281 e. The number of halogens is 5. The minimum Gasteiger partial charge on any atom is -0.232 e. The molecule has 0 spiro atoms. The third-order valence-corrected chi connectivity index (χ3v) is 3.81. The van der Waals surface area contributed by atoms with Crippen molar-refractivity contribution < 1.29 is 17.2 Å². The summed E-state index contributed by atoms with van der Waals surface area (Å²) in [7, 11) is 0.801. The normalized spacial score (nSPS) is 12.1. The molecule has 0 N–H and O–H groups in total. The van der Waals surface area contributed by atoms with Crippen molar-refractivity contribution in [2.24, 2.45) is 0 Å². The van der Waals surface area contributed by atoms with Gasteiger partial charge >= 0.3 is 0 Å². The summed E-state index contributed by atoms with van der Waals surface area (Å²) in [4.78, 5) is 3.17. The van der Waals surface area contributed by atoms with Crippen molar-refractivity contribution in [3.05, 3.63) is 21.3 Å². The molecule has 0 aliphatic rings. The van der Waals surface area contributed by atoms with Gasteiger partial charge in [0.25, 0.3) is 15.5 Å². The van der Waals surface area contributed by atoms with E-state index in [4.69, 9.17) is 22.3 Å². The topological polar surface area (TPSA) is 47.0 Å². The summed E-state index contributed by atoms with van der Waals surface area (Å²) < 4.78 is 46.5. The van der Waals surface area contributed by atoms with Crippen molar-refractivity contribution in [2.75, 3.05) is 0 Å². The van der Waals surface area contributed by atoms with Crippen molar-refractivity contribution in [3.8, 4) is 0 Å². The quantitative estimate of drug-likeness (QED) is 0.775. The molecule has 0 unspecified atom stereocenters. The SMILES string of the molecule is O=S(=O)(Cl)c1cc(Br)c(Cl)c(C(F)F)n1. The van der Waals surface area contributed by atoms with E-state index in [2.05, 4.69) is 20.9 Å². The van der Waals surface area contributed by atoms with Crippen LogP contribution in [0, 0.1) is 0 Å². The number of pyridine rings is 1. The minimum atomic E-state index is -4.16. The second-order valence-electron chi connectivity index (χ2n) is 2.38. The predicted octanol–water partition coefficient (Wildman–Crippen LogP) is 3.36. The van der Waals surface area contributed by atoms with Gasteiger partial charge in [0.2, 0.25) is 0 Å². The van der Waals surface area contributed by atoms with E-state index < -0.39 is 26.2 Å². The lowest BCUT2D eigenvalue weighted by Crippen LogP contribution is -2.01. The van der Waals surface area contributed by atoms with Crippen LogP contribution in [0.1, 0.15) is 12.1 Å². The average Bonchev–Trinajstić information content (AvgIpc) is 2.06. The van der Waals surface area contributed by atoms with Crippen LogP contribution in [-0.2, 0) is 9.05 Å². The zero-order valence-electron chi connectivity index (χ0n) is 6.72. The number of hydrogen-bond acceptors (Lipinski definition) is 3. The molecule has 0 aliphatic carbocycles. The number of aromatic nitrogens is 1. The van der Waals surface area contributed by atoms with Gasteiger partial charge in [0.15, 0.2) is 5.03 Å². The molecule has 0 amide bonds. The van der Waals surface area contributed by atoms with Crippen LogP contribution in [0.5, 0.6) is 0 Å². The second-order valence-corrected chi connectivity index (χ2v) is 6.13. The van der Waals surface area contributed by atoms with Crippen LogP contribution in [0.15, 0.2) is 15.6 Å². The fourth-order valence-electron chi connectivity index (χ4n) is 0.764. The van der Waals surface area contributed by atoms with Crippen LogP contribution in [0.2, 0.25) is 5.02 Å². The summed E-state index contributed by atoms with van der Waals surface area (Å²) in [6.07, 6.45) is -2.98. The number of nitrogens with zero attached hydrogens (tertiary/aromatic N) is 1. The van der Waals surface area contributed by atoms with Gasteiger partial charge in [-0.15, -0.1) is 0 Å². The Morgan fingerprint density at radius 2 is 2.00 bits per heavy atom. The minimum absolute atomic E-state index is 0.00584. The van der Waals surface area contributed by atoms with Crippen LogP contribution in [-0.4, -0.2) is 13.4 Å². The van der Waals surface area contributed by atoms with Crippen LogP contribution >= 0.6 is 38.2 Å². The molecule has 1 rings (SSSR count). The Labute approximate surface area is 102 Å². The zero-order valence-corrected chi connectivity index (χ0v) is 10.6. The molecule has 0 aromatic carbocycles. The van der Waals surface area contributed by atoms with E-state index in [0.29, 0.717) is 0 Å². The second kappa shape index (κ2) is 4.48. The molecule has 0 aliphatic heterocycles. The van der Waals surface area contributed by atoms with Gasteiger partial charge in [-0.05, 0) is 22.0 Å². The lowest BCUT2D eigenvalue weighted by Gasteiger charge is -2.05. The Balaban J connectivity index is 3.50. The molecule has 0 radical (unpaired) electrons. The van der Waals surface area contributed by atoms with E-state index in [-0.39, 0.29) is 9.50 Å². The monoisotopic (exact) mass is 339 g/mol. The Morgan fingerprint density at radius 3 is 2.40 bits per heavy atom. The molecule has 3 nitrogen and oxygen atoms in total. The smallest absolute Gasteiger partial charge is 0.232 e. The van der Waals surface area contributed by atoms with Gasteiger partial charge in [-0.1, -0.05) is 11.6 Å². The predicted molar refractivity (Wildman–Crippen MR) is 54.9 cm³/mol. The Morgan fingerprint density at radius 1 is 1.47 bits per heavy atom. The van der Waals surface area contributed by atoms with E-state index in [1.807, 2.05) is 0 Å². The van der Waals surface area contributed by atoms with Crippen molar-refractivity contribution in [1.82, 2.24) is 4.98 Å². The molecule has 0 saturated carbocycles. The summed E-state index contributed by atoms with van der Waals surface area (Å²) >= 11 is 8.31. The van der Waals surface area contributed by atoms with Crippen molar-refractivity contribution >= 4 is 47.3 Å². The van der Waals surface area contributed by atoms with Crippen LogP contribution < -0.4 is 0 Å². The maximum atomic E-state index is 12.4. The molecule has 0 bridgehead atoms. The lowest BCUT2D eigenvalue weighted by atomic mass is 10.3. The molecule has 9 heteroatoms. The standard InChI is InChI=1S/C6H2BrCl2F2NO2S/c7-2-1-3(15(9,13)14)12-5(4(2)8)6(10)11/h1,6H. The van der Waals surface area contributed by atoms with Gasteiger partial charge in [-0.2, -0.15) is 0 Å². The van der Waals surface area contributed by atoms with Gasteiger partial charge in [-0.25, -0.2) is 22.2 Å². The van der Waals surface area contributed by atoms with E-state index >= 15 is 0 Å². The van der Waals surface area contributed by atoms with Gasteiger partial charge in [0.1, 0.15) is 5.69 Å². The van der Waals surface area contributed by atoms with Gasteiger partial charge in [0, 0.05) is 15.2 Å². The summed E-state index contributed by atoms with van der Waals surface area (Å²) in [5.74, 6) is 0. The van der Waals surface area contributed by atoms with Crippen molar-refractivity contribution in [1.29, 1.82) is 0 Å². The number of alkyl halides is 2. The highest BCUT2D eigenvalue weighted by Crippen LogP contribution is 2.33. The fraction of sp³-hybridized carbons (Fsp3) is 0.167. The average molecular weight is 341 g/mol. The van der Waals surface area contributed by atoms with Crippen LogP contribution in [0.3, 0.4) is 0 Å². The van der Waals surface area contributed by atoms with Gasteiger partial charge in [0.05, 0.1) is 5.02 Å². The maximum Gasteiger partial charge on any atom is 0.281 e. The molecule has 1 heterocycles. The van der Waals surface area contributed by atoms with E-state index in [1.54, 1.807) is 0 Å². The third-order valence-electron chi connectivity index (χ3n) is 1.37. The van der Waals surface area contributed by atoms with E-state index in [1.165, 1.54) is 0 Å². The van der Waals surface area contributed by atoms with E-state index in [0.717, 1.165) is 6.07 Å². The first kappa shape index (κ1) is 13.1. The molecule has 1 aromatic rings. The van der Waals surface area contributed by atoms with Crippen LogP contribution in [0.4, 0.5) is 8.78 Å². The maximum absolute atomic E-state index is 12.4. The number of hydrogen-bond donors (Lipinski definition) is 0. The zero-order chi connectivity index (χ0) is 11.8. The Bertz CT molecular complexity index is 494. The number of rotatable bonds is 2. The van der Waals surface area contributed by atoms with Gasteiger partial charge in [-0.3, -0.25) is 0 Å². The first-order chi connectivity index (χ1) is 6.73. The molecule has 0 fully saturated rings. The molecule has 1 aromatic heterocycles. The molecule has 84 valence electrons. The Hall–Kier alpha value is 0.0200.